The van der Waals surface area contributed by atoms with E-state index in [9.17, 15) is 22.5 Å². The molecular formula is C15H14F3N3O2S2. The minimum atomic E-state index is -4.65. The monoisotopic (exact) mass is 389 g/mol. The van der Waals surface area contributed by atoms with Gasteiger partial charge in [-0.15, -0.1) is 11.3 Å². The molecule has 5 nitrogen and oxygen atoms in total. The number of nitrogens with zero attached hydrogens (tertiary/aromatic N) is 3. The van der Waals surface area contributed by atoms with Crippen molar-refractivity contribution in [3.8, 4) is 10.6 Å². The van der Waals surface area contributed by atoms with E-state index in [1.54, 1.807) is 22.4 Å². The van der Waals surface area contributed by atoms with E-state index in [-0.39, 0.29) is 29.1 Å². The fourth-order valence-corrected chi connectivity index (χ4v) is 4.10. The van der Waals surface area contributed by atoms with E-state index in [2.05, 4.69) is 9.97 Å². The number of hydrogen-bond donors (Lipinski definition) is 0. The van der Waals surface area contributed by atoms with E-state index in [0.717, 1.165) is 12.5 Å². The maximum Gasteiger partial charge on any atom is 0.433 e. The molecule has 3 rings (SSSR count). The van der Waals surface area contributed by atoms with Crippen molar-refractivity contribution in [3.63, 3.8) is 0 Å². The Morgan fingerprint density at radius 1 is 1.36 bits per heavy atom. The average molecular weight is 389 g/mol. The summed E-state index contributed by atoms with van der Waals surface area (Å²) in [6.07, 6.45) is -3.46. The Labute approximate surface area is 149 Å². The van der Waals surface area contributed by atoms with Crippen molar-refractivity contribution in [2.45, 2.75) is 24.2 Å². The molecule has 1 amide bonds. The number of rotatable bonds is 5. The highest BCUT2D eigenvalue weighted by Gasteiger charge is 2.35. The van der Waals surface area contributed by atoms with Crippen molar-refractivity contribution in [1.29, 1.82) is 0 Å². The van der Waals surface area contributed by atoms with E-state index in [1.807, 2.05) is 0 Å². The van der Waals surface area contributed by atoms with Crippen LogP contribution in [-0.4, -0.2) is 44.2 Å². The average Bonchev–Trinajstić information content (AvgIpc) is 3.23. The first-order valence-electron chi connectivity index (χ1n) is 7.51. The molecule has 134 valence electrons. The summed E-state index contributed by atoms with van der Waals surface area (Å²) < 4.78 is 51.7. The lowest BCUT2D eigenvalue weighted by atomic mass is 10.3. The maximum absolute atomic E-state index is 13.1. The molecule has 1 fully saturated rings. The second-order valence-electron chi connectivity index (χ2n) is 5.43. The van der Waals surface area contributed by atoms with Crippen molar-refractivity contribution < 1.29 is 22.5 Å². The molecule has 1 unspecified atom stereocenters. The summed E-state index contributed by atoms with van der Waals surface area (Å²) in [5.74, 6) is -0.0158. The zero-order valence-electron chi connectivity index (χ0n) is 13.0. The maximum atomic E-state index is 13.1. The quantitative estimate of drug-likeness (QED) is 0.582. The number of likely N-dealkylation sites (tertiary alicyclic amines) is 1. The van der Waals surface area contributed by atoms with E-state index in [0.29, 0.717) is 17.8 Å². The fraction of sp³-hybridized carbons (Fsp3) is 0.400. The number of hydrogen-bond acceptors (Lipinski definition) is 5. The minimum Gasteiger partial charge on any atom is -0.609 e. The second-order valence-corrected chi connectivity index (χ2v) is 7.84. The summed E-state index contributed by atoms with van der Waals surface area (Å²) in [4.78, 5) is 21.2. The largest absolute Gasteiger partial charge is 0.609 e. The molecule has 2 aromatic heterocycles. The van der Waals surface area contributed by atoms with Crippen LogP contribution in [0.5, 0.6) is 0 Å². The van der Waals surface area contributed by atoms with Crippen LogP contribution in [0, 0.1) is 0 Å². The third kappa shape index (κ3) is 4.31. The standard InChI is InChI=1S/C15H14F3N3O2S2/c16-15(17,18)12-9-10(11-3-2-7-24-11)19-14(20-12)25(23)8-6-21-5-1-4-13(21)22/h2-3,7,9H,1,4-6,8H2. The Hall–Kier alpha value is -1.65. The number of amides is 1. The van der Waals surface area contributed by atoms with Gasteiger partial charge in [0.1, 0.15) is 5.75 Å². The van der Waals surface area contributed by atoms with Crippen LogP contribution in [0.1, 0.15) is 18.5 Å². The van der Waals surface area contributed by atoms with Gasteiger partial charge in [-0.05, 0) is 23.9 Å². The van der Waals surface area contributed by atoms with Crippen LogP contribution >= 0.6 is 11.3 Å². The highest BCUT2D eigenvalue weighted by molar-refractivity contribution is 7.91. The number of carbonyl (C=O) groups is 1. The molecule has 25 heavy (non-hydrogen) atoms. The van der Waals surface area contributed by atoms with Gasteiger partial charge in [-0.2, -0.15) is 23.1 Å². The van der Waals surface area contributed by atoms with Gasteiger partial charge in [0, 0.05) is 24.1 Å². The molecule has 10 heteroatoms. The summed E-state index contributed by atoms with van der Waals surface area (Å²) in [5.41, 5.74) is -1.02. The Bertz CT molecular complexity index is 753. The molecule has 3 heterocycles. The third-order valence-electron chi connectivity index (χ3n) is 3.69. The molecule has 1 aliphatic heterocycles. The summed E-state index contributed by atoms with van der Waals surface area (Å²) in [6.45, 7) is 0.805. The lowest BCUT2D eigenvalue weighted by Gasteiger charge is -2.17. The van der Waals surface area contributed by atoms with Crippen molar-refractivity contribution in [3.05, 3.63) is 29.3 Å². The Morgan fingerprint density at radius 3 is 2.76 bits per heavy atom. The smallest absolute Gasteiger partial charge is 0.433 e. The zero-order valence-corrected chi connectivity index (χ0v) is 14.6. The molecule has 0 radical (unpaired) electrons. The number of halogens is 3. The molecule has 0 bridgehead atoms. The predicted molar refractivity (Wildman–Crippen MR) is 87.4 cm³/mol. The first-order chi connectivity index (χ1) is 11.8. The van der Waals surface area contributed by atoms with Crippen LogP contribution in [-0.2, 0) is 22.1 Å². The second kappa shape index (κ2) is 7.30. The van der Waals surface area contributed by atoms with Gasteiger partial charge in [-0.25, -0.2) is 0 Å². The van der Waals surface area contributed by atoms with Crippen molar-refractivity contribution in [2.75, 3.05) is 18.8 Å². The summed E-state index contributed by atoms with van der Waals surface area (Å²) in [7, 11) is 0. The Kier molecular flexibility index (Phi) is 5.30. The molecule has 0 N–H and O–H groups in total. The molecule has 2 aromatic rings. The molecule has 1 saturated heterocycles. The van der Waals surface area contributed by atoms with E-state index in [1.165, 1.54) is 11.3 Å². The fourth-order valence-electron chi connectivity index (χ4n) is 2.45. The van der Waals surface area contributed by atoms with Crippen LogP contribution < -0.4 is 0 Å². The highest BCUT2D eigenvalue weighted by Crippen LogP contribution is 2.32. The molecule has 0 spiro atoms. The van der Waals surface area contributed by atoms with Gasteiger partial charge in [0.25, 0.3) is 0 Å². The molecule has 1 aliphatic rings. The van der Waals surface area contributed by atoms with Crippen LogP contribution in [0.2, 0.25) is 0 Å². The Morgan fingerprint density at radius 2 is 2.16 bits per heavy atom. The van der Waals surface area contributed by atoms with Gasteiger partial charge >= 0.3 is 11.3 Å². The lowest BCUT2D eigenvalue weighted by Crippen LogP contribution is -2.31. The zero-order chi connectivity index (χ0) is 18.0. The topological polar surface area (TPSA) is 69.2 Å². The van der Waals surface area contributed by atoms with Crippen LogP contribution in [0.15, 0.2) is 28.7 Å². The van der Waals surface area contributed by atoms with Gasteiger partial charge in [0.2, 0.25) is 5.91 Å². The predicted octanol–water partition coefficient (Wildman–Crippen LogP) is 2.95. The normalized spacial score (nSPS) is 16.5. The number of aromatic nitrogens is 2. The SMILES string of the molecule is O=C1CCCN1CC[S+]([O-])c1nc(-c2cccs2)cc(C(F)(F)F)n1. The van der Waals surface area contributed by atoms with Gasteiger partial charge in [-0.3, -0.25) is 4.79 Å². The lowest BCUT2D eigenvalue weighted by molar-refractivity contribution is -0.141. The number of thiophene rings is 1. The molecule has 0 aliphatic carbocycles. The van der Waals surface area contributed by atoms with Crippen LogP contribution in [0.4, 0.5) is 13.2 Å². The van der Waals surface area contributed by atoms with Gasteiger partial charge in [0.15, 0.2) is 5.69 Å². The molecule has 1 atom stereocenters. The van der Waals surface area contributed by atoms with Gasteiger partial charge in [-0.1, -0.05) is 6.07 Å². The summed E-state index contributed by atoms with van der Waals surface area (Å²) >= 11 is -0.582. The van der Waals surface area contributed by atoms with Gasteiger partial charge in [0.05, 0.1) is 17.1 Å². The van der Waals surface area contributed by atoms with Crippen molar-refractivity contribution in [2.24, 2.45) is 0 Å². The first kappa shape index (κ1) is 18.2. The number of carbonyl (C=O) groups excluding carboxylic acids is 1. The van der Waals surface area contributed by atoms with Gasteiger partial charge < -0.3 is 9.45 Å². The van der Waals surface area contributed by atoms with Crippen molar-refractivity contribution >= 4 is 28.4 Å². The minimum absolute atomic E-state index is 0.0108. The van der Waals surface area contributed by atoms with E-state index in [4.69, 9.17) is 0 Å². The Balaban J connectivity index is 1.83. The first-order valence-corrected chi connectivity index (χ1v) is 9.71. The van der Waals surface area contributed by atoms with E-state index >= 15 is 0 Å². The van der Waals surface area contributed by atoms with Crippen molar-refractivity contribution in [1.82, 2.24) is 14.9 Å². The molecule has 0 saturated carbocycles. The highest BCUT2D eigenvalue weighted by atomic mass is 32.2. The third-order valence-corrected chi connectivity index (χ3v) is 5.73. The van der Waals surface area contributed by atoms with Crippen LogP contribution in [0.25, 0.3) is 10.6 Å². The molecule has 0 aromatic carbocycles. The van der Waals surface area contributed by atoms with Crippen LogP contribution in [0.3, 0.4) is 0 Å². The summed E-state index contributed by atoms with van der Waals surface area (Å²) in [6, 6.07) is 4.20. The summed E-state index contributed by atoms with van der Waals surface area (Å²) in [5, 5.41) is 1.37. The molecular weight excluding hydrogens is 375 g/mol. The number of alkyl halides is 3. The van der Waals surface area contributed by atoms with E-state index < -0.39 is 23.0 Å².